The summed E-state index contributed by atoms with van der Waals surface area (Å²) in [6.45, 7) is 3.11. The molecule has 0 aromatic rings. The summed E-state index contributed by atoms with van der Waals surface area (Å²) in [5.74, 6) is -0.667. The number of aliphatic carboxylic acids is 1. The van der Waals surface area contributed by atoms with E-state index in [0.717, 1.165) is 13.0 Å². The van der Waals surface area contributed by atoms with E-state index in [9.17, 15) is 9.90 Å². The summed E-state index contributed by atoms with van der Waals surface area (Å²) < 4.78 is 0. The number of hydrogen-bond donors (Lipinski definition) is 3. The first-order valence-corrected chi connectivity index (χ1v) is 5.64. The van der Waals surface area contributed by atoms with Crippen LogP contribution in [0.2, 0.25) is 6.32 Å². The van der Waals surface area contributed by atoms with Gasteiger partial charge in [0.15, 0.2) is 0 Å². The normalized spacial score (nSPS) is 30.6. The molecule has 6 heteroatoms. The molecule has 0 saturated carbocycles. The van der Waals surface area contributed by atoms with Crippen LogP contribution in [-0.2, 0) is 4.79 Å². The van der Waals surface area contributed by atoms with Crippen LogP contribution >= 0.6 is 0 Å². The van der Waals surface area contributed by atoms with Gasteiger partial charge in [-0.15, -0.1) is 0 Å². The zero-order valence-electron chi connectivity index (χ0n) is 9.89. The van der Waals surface area contributed by atoms with Crippen LogP contribution < -0.4 is 0 Å². The van der Waals surface area contributed by atoms with Gasteiger partial charge in [0.1, 0.15) is 0 Å². The standard InChI is InChI=1S/C10H20BNO4/c1-10(9(13)14)7-12(2)6-8(10)4-3-5-11(15)16/h8,15-16H,3-7H2,1-2H3,(H,13,14)/t8-,10-/m0/s1. The van der Waals surface area contributed by atoms with Gasteiger partial charge in [-0.25, -0.2) is 0 Å². The van der Waals surface area contributed by atoms with Crippen LogP contribution in [0, 0.1) is 11.3 Å². The first kappa shape index (κ1) is 13.5. The topological polar surface area (TPSA) is 81.0 Å². The Morgan fingerprint density at radius 1 is 1.56 bits per heavy atom. The predicted molar refractivity (Wildman–Crippen MR) is 61.0 cm³/mol. The third-order valence-corrected chi connectivity index (χ3v) is 3.53. The minimum Gasteiger partial charge on any atom is -0.481 e. The van der Waals surface area contributed by atoms with Crippen LogP contribution in [-0.4, -0.2) is 53.3 Å². The van der Waals surface area contributed by atoms with Gasteiger partial charge in [0, 0.05) is 13.1 Å². The third-order valence-electron chi connectivity index (χ3n) is 3.53. The van der Waals surface area contributed by atoms with Crippen molar-refractivity contribution < 1.29 is 19.9 Å². The molecule has 1 fully saturated rings. The van der Waals surface area contributed by atoms with Crippen LogP contribution in [0.1, 0.15) is 19.8 Å². The molecule has 2 atom stereocenters. The summed E-state index contributed by atoms with van der Waals surface area (Å²) >= 11 is 0. The monoisotopic (exact) mass is 229 g/mol. The lowest BCUT2D eigenvalue weighted by molar-refractivity contribution is -0.149. The maximum Gasteiger partial charge on any atom is 0.451 e. The number of hydrogen-bond acceptors (Lipinski definition) is 4. The summed E-state index contributed by atoms with van der Waals surface area (Å²) in [5.41, 5.74) is -0.699. The Morgan fingerprint density at radius 3 is 2.69 bits per heavy atom. The summed E-state index contributed by atoms with van der Waals surface area (Å²) in [5, 5.41) is 26.7. The van der Waals surface area contributed by atoms with Crippen molar-refractivity contribution in [2.75, 3.05) is 20.1 Å². The Balaban J connectivity index is 2.53. The second-order valence-electron chi connectivity index (χ2n) is 5.03. The van der Waals surface area contributed by atoms with Crippen molar-refractivity contribution in [1.29, 1.82) is 0 Å². The van der Waals surface area contributed by atoms with Crippen LogP contribution in [0.4, 0.5) is 0 Å². The first-order valence-electron chi connectivity index (χ1n) is 5.64. The molecule has 0 unspecified atom stereocenters. The van der Waals surface area contributed by atoms with Crippen molar-refractivity contribution in [1.82, 2.24) is 4.90 Å². The summed E-state index contributed by atoms with van der Waals surface area (Å²) in [6.07, 6.45) is 1.69. The van der Waals surface area contributed by atoms with Gasteiger partial charge in [0.05, 0.1) is 5.41 Å². The predicted octanol–water partition coefficient (Wildman–Crippen LogP) is -0.108. The number of likely N-dealkylation sites (tertiary alicyclic amines) is 1. The van der Waals surface area contributed by atoms with Crippen molar-refractivity contribution in [3.63, 3.8) is 0 Å². The van der Waals surface area contributed by atoms with Gasteiger partial charge >= 0.3 is 13.1 Å². The van der Waals surface area contributed by atoms with Crippen molar-refractivity contribution in [2.45, 2.75) is 26.1 Å². The van der Waals surface area contributed by atoms with Crippen molar-refractivity contribution in [3.8, 4) is 0 Å². The largest absolute Gasteiger partial charge is 0.481 e. The average molecular weight is 229 g/mol. The lowest BCUT2D eigenvalue weighted by atomic mass is 9.75. The first-order chi connectivity index (χ1) is 7.36. The van der Waals surface area contributed by atoms with E-state index in [4.69, 9.17) is 10.0 Å². The van der Waals surface area contributed by atoms with Crippen molar-refractivity contribution in [2.24, 2.45) is 11.3 Å². The van der Waals surface area contributed by atoms with Crippen molar-refractivity contribution >= 4 is 13.1 Å². The highest BCUT2D eigenvalue weighted by Gasteiger charge is 2.47. The summed E-state index contributed by atoms with van der Waals surface area (Å²) in [7, 11) is 0.637. The molecule has 92 valence electrons. The molecule has 1 saturated heterocycles. The van der Waals surface area contributed by atoms with E-state index in [0.29, 0.717) is 19.3 Å². The molecule has 0 aromatic heterocycles. The molecule has 0 amide bonds. The lowest BCUT2D eigenvalue weighted by Gasteiger charge is -2.25. The maximum atomic E-state index is 11.3. The molecule has 1 heterocycles. The third kappa shape index (κ3) is 2.96. The second kappa shape index (κ2) is 5.16. The number of carboxylic acid groups (broad SMARTS) is 1. The fourth-order valence-electron chi connectivity index (χ4n) is 2.53. The molecular formula is C10H20BNO4. The Labute approximate surface area is 96.2 Å². The fraction of sp³-hybridized carbons (Fsp3) is 0.900. The minimum absolute atomic E-state index is 0.0914. The smallest absolute Gasteiger partial charge is 0.451 e. The number of rotatable bonds is 5. The molecule has 16 heavy (non-hydrogen) atoms. The quantitative estimate of drug-likeness (QED) is 0.573. The van der Waals surface area contributed by atoms with E-state index in [1.807, 2.05) is 11.9 Å². The van der Waals surface area contributed by atoms with Crippen molar-refractivity contribution in [3.05, 3.63) is 0 Å². The Bertz CT molecular complexity index is 261. The minimum atomic E-state index is -1.28. The van der Waals surface area contributed by atoms with Gasteiger partial charge < -0.3 is 20.1 Å². The molecule has 5 nitrogen and oxygen atoms in total. The number of nitrogens with zero attached hydrogens (tertiary/aromatic N) is 1. The van der Waals surface area contributed by atoms with Gasteiger partial charge in [-0.1, -0.05) is 6.42 Å². The summed E-state index contributed by atoms with van der Waals surface area (Å²) in [6, 6.07) is 0. The maximum absolute atomic E-state index is 11.3. The molecule has 3 N–H and O–H groups in total. The van der Waals surface area contributed by atoms with Crippen LogP contribution in [0.3, 0.4) is 0 Å². The van der Waals surface area contributed by atoms with E-state index < -0.39 is 18.5 Å². The zero-order valence-corrected chi connectivity index (χ0v) is 9.89. The summed E-state index contributed by atoms with van der Waals surface area (Å²) in [4.78, 5) is 13.3. The zero-order chi connectivity index (χ0) is 12.3. The van der Waals surface area contributed by atoms with Crippen LogP contribution in [0.5, 0.6) is 0 Å². The number of carbonyl (C=O) groups is 1. The molecule has 1 aliphatic heterocycles. The van der Waals surface area contributed by atoms with E-state index >= 15 is 0 Å². The molecule has 0 aromatic carbocycles. The molecule has 0 bridgehead atoms. The molecule has 0 aliphatic carbocycles. The van der Waals surface area contributed by atoms with Gasteiger partial charge in [-0.3, -0.25) is 4.79 Å². The highest BCUT2D eigenvalue weighted by molar-refractivity contribution is 6.40. The highest BCUT2D eigenvalue weighted by Crippen LogP contribution is 2.38. The lowest BCUT2D eigenvalue weighted by Crippen LogP contribution is -2.35. The highest BCUT2D eigenvalue weighted by atomic mass is 16.4. The van der Waals surface area contributed by atoms with E-state index in [-0.39, 0.29) is 5.92 Å². The average Bonchev–Trinajstić information content (AvgIpc) is 2.42. The Hall–Kier alpha value is -0.585. The van der Waals surface area contributed by atoms with Gasteiger partial charge in [0.25, 0.3) is 0 Å². The molecule has 0 radical (unpaired) electrons. The van der Waals surface area contributed by atoms with E-state index in [2.05, 4.69) is 0 Å². The Kier molecular flexibility index (Phi) is 4.35. The fourth-order valence-corrected chi connectivity index (χ4v) is 2.53. The van der Waals surface area contributed by atoms with Gasteiger partial charge in [-0.2, -0.15) is 0 Å². The molecular weight excluding hydrogens is 209 g/mol. The van der Waals surface area contributed by atoms with Crippen LogP contribution in [0.15, 0.2) is 0 Å². The number of carboxylic acids is 1. The van der Waals surface area contributed by atoms with Crippen LogP contribution in [0.25, 0.3) is 0 Å². The molecule has 0 spiro atoms. The van der Waals surface area contributed by atoms with E-state index in [1.165, 1.54) is 0 Å². The van der Waals surface area contributed by atoms with Gasteiger partial charge in [-0.05, 0) is 32.6 Å². The Morgan fingerprint density at radius 2 is 2.19 bits per heavy atom. The van der Waals surface area contributed by atoms with Gasteiger partial charge in [0.2, 0.25) is 0 Å². The molecule has 1 aliphatic rings. The molecule has 1 rings (SSSR count). The second-order valence-corrected chi connectivity index (χ2v) is 5.03. The SMILES string of the molecule is CN1C[C@H](CCCB(O)O)[C@@](C)(C(=O)O)C1. The van der Waals surface area contributed by atoms with E-state index in [1.54, 1.807) is 6.92 Å².